The first-order chi connectivity index (χ1) is 16.6. The lowest BCUT2D eigenvalue weighted by Gasteiger charge is -2.48. The second kappa shape index (κ2) is 7.72. The average molecular weight is 459 g/mol. The normalized spacial score (nSPS) is 25.6. The van der Waals surface area contributed by atoms with E-state index < -0.39 is 17.3 Å². The molecule has 3 aromatic rings. The minimum Gasteiger partial charge on any atom is -0.468 e. The Bertz CT molecular complexity index is 1310. The molecule has 34 heavy (non-hydrogen) atoms. The van der Waals surface area contributed by atoms with Crippen molar-refractivity contribution in [1.29, 1.82) is 0 Å². The second-order valence-electron chi connectivity index (χ2n) is 9.48. The van der Waals surface area contributed by atoms with Gasteiger partial charge in [-0.3, -0.25) is 14.4 Å². The van der Waals surface area contributed by atoms with E-state index in [-0.39, 0.29) is 24.2 Å². The number of ether oxygens (including phenoxy) is 1. The topological polar surface area (TPSA) is 77.8 Å². The van der Waals surface area contributed by atoms with Crippen molar-refractivity contribution in [2.24, 2.45) is 11.3 Å². The van der Waals surface area contributed by atoms with Crippen molar-refractivity contribution in [1.82, 2.24) is 9.63 Å². The van der Waals surface area contributed by atoms with Crippen LogP contribution in [0.5, 0.6) is 0 Å². The lowest BCUT2D eigenvalue weighted by molar-refractivity contribution is -0.172. The summed E-state index contributed by atoms with van der Waals surface area (Å²) >= 11 is 0. The van der Waals surface area contributed by atoms with E-state index in [0.29, 0.717) is 30.8 Å². The molecule has 3 aliphatic rings. The standard InChI is InChI=1S/C27H26N2O5/c1-33-26(32)27-15-20-19-11-5-6-12-22(19)29(34-16-17-8-3-2-4-9-17)23(20)24(30)21(27)14-18-10-7-13-28(18)25(27)31/h2-6,8-9,11-12,18,21H,7,10,13-16H2,1H3/t18-,21+,27+/m0/s1. The van der Waals surface area contributed by atoms with Crippen LogP contribution in [0.2, 0.25) is 0 Å². The molecule has 0 radical (unpaired) electrons. The predicted octanol–water partition coefficient (Wildman–Crippen LogP) is 3.18. The summed E-state index contributed by atoms with van der Waals surface area (Å²) in [4.78, 5) is 49.2. The molecular formula is C27H26N2O5. The van der Waals surface area contributed by atoms with Crippen LogP contribution in [0.15, 0.2) is 54.6 Å². The number of piperidine rings is 1. The van der Waals surface area contributed by atoms with Crippen LogP contribution >= 0.6 is 0 Å². The third-order valence-corrected chi connectivity index (χ3v) is 7.82. The van der Waals surface area contributed by atoms with Crippen LogP contribution in [-0.4, -0.2) is 47.0 Å². The number of ketones is 1. The number of esters is 1. The molecule has 2 fully saturated rings. The zero-order chi connectivity index (χ0) is 23.4. The van der Waals surface area contributed by atoms with Gasteiger partial charge < -0.3 is 14.5 Å². The molecule has 6 rings (SSSR count). The van der Waals surface area contributed by atoms with Gasteiger partial charge in [0.1, 0.15) is 12.3 Å². The number of nitrogens with zero attached hydrogens (tertiary/aromatic N) is 2. The van der Waals surface area contributed by atoms with Gasteiger partial charge in [0.25, 0.3) is 0 Å². The van der Waals surface area contributed by atoms with Crippen molar-refractivity contribution in [2.45, 2.75) is 38.3 Å². The molecule has 1 aromatic heterocycles. The molecule has 0 spiro atoms. The molecule has 0 bridgehead atoms. The Balaban J connectivity index is 1.51. The Hall–Kier alpha value is -3.61. The summed E-state index contributed by atoms with van der Waals surface area (Å²) in [7, 11) is 1.30. The van der Waals surface area contributed by atoms with Gasteiger partial charge >= 0.3 is 5.97 Å². The smallest absolute Gasteiger partial charge is 0.322 e. The minimum absolute atomic E-state index is 0.0103. The van der Waals surface area contributed by atoms with E-state index in [1.54, 1.807) is 9.63 Å². The number of carbonyl (C=O) groups is 3. The van der Waals surface area contributed by atoms with Crippen LogP contribution in [-0.2, 0) is 27.4 Å². The second-order valence-corrected chi connectivity index (χ2v) is 9.48. The molecule has 3 heterocycles. The summed E-state index contributed by atoms with van der Waals surface area (Å²) in [6, 6.07) is 17.4. The van der Waals surface area contributed by atoms with Gasteiger partial charge in [0.2, 0.25) is 5.91 Å². The highest BCUT2D eigenvalue weighted by Gasteiger charge is 2.65. The molecule has 2 aromatic carbocycles. The fourth-order valence-corrected chi connectivity index (χ4v) is 6.24. The van der Waals surface area contributed by atoms with Gasteiger partial charge in [-0.1, -0.05) is 48.5 Å². The number of amides is 1. The molecule has 0 saturated carbocycles. The molecule has 2 saturated heterocycles. The van der Waals surface area contributed by atoms with E-state index in [4.69, 9.17) is 9.57 Å². The van der Waals surface area contributed by atoms with Crippen molar-refractivity contribution in [3.63, 3.8) is 0 Å². The Morgan fingerprint density at radius 1 is 1.09 bits per heavy atom. The van der Waals surface area contributed by atoms with Crippen molar-refractivity contribution >= 4 is 28.6 Å². The van der Waals surface area contributed by atoms with E-state index in [9.17, 15) is 14.4 Å². The first-order valence-electron chi connectivity index (χ1n) is 11.8. The lowest BCUT2D eigenvalue weighted by Crippen LogP contribution is -2.63. The fraction of sp³-hybridized carbons (Fsp3) is 0.370. The van der Waals surface area contributed by atoms with Crippen LogP contribution in [0.1, 0.15) is 40.9 Å². The zero-order valence-corrected chi connectivity index (χ0v) is 19.0. The number of carbonyl (C=O) groups excluding carboxylic acids is 3. The number of aromatic nitrogens is 1. The van der Waals surface area contributed by atoms with Crippen LogP contribution < -0.4 is 4.84 Å². The highest BCUT2D eigenvalue weighted by Crippen LogP contribution is 2.51. The molecule has 2 aliphatic heterocycles. The van der Waals surface area contributed by atoms with Gasteiger partial charge in [-0.05, 0) is 36.5 Å². The molecule has 3 atom stereocenters. The number of methoxy groups -OCH3 is 1. The van der Waals surface area contributed by atoms with Gasteiger partial charge in [0, 0.05) is 24.4 Å². The quantitative estimate of drug-likeness (QED) is 0.443. The van der Waals surface area contributed by atoms with Crippen LogP contribution in [0.25, 0.3) is 10.9 Å². The largest absolute Gasteiger partial charge is 0.468 e. The molecule has 174 valence electrons. The summed E-state index contributed by atoms with van der Waals surface area (Å²) in [6.07, 6.45) is 2.35. The molecule has 0 unspecified atom stereocenters. The zero-order valence-electron chi connectivity index (χ0n) is 19.0. The Morgan fingerprint density at radius 3 is 2.65 bits per heavy atom. The van der Waals surface area contributed by atoms with E-state index in [1.807, 2.05) is 54.6 Å². The van der Waals surface area contributed by atoms with Gasteiger partial charge in [-0.25, -0.2) is 0 Å². The highest BCUT2D eigenvalue weighted by atomic mass is 16.7. The van der Waals surface area contributed by atoms with Crippen LogP contribution in [0.3, 0.4) is 0 Å². The number of rotatable bonds is 4. The number of Topliss-reactive ketones (excluding diaryl/α,β-unsaturated/α-hetero) is 1. The number of hydrogen-bond donors (Lipinski definition) is 0. The average Bonchev–Trinajstić information content (AvgIpc) is 3.47. The maximum atomic E-state index is 14.1. The van der Waals surface area contributed by atoms with E-state index in [0.717, 1.165) is 29.3 Å². The van der Waals surface area contributed by atoms with Gasteiger partial charge in [0.15, 0.2) is 11.2 Å². The minimum atomic E-state index is -1.52. The monoisotopic (exact) mass is 458 g/mol. The number of hydrogen-bond acceptors (Lipinski definition) is 5. The summed E-state index contributed by atoms with van der Waals surface area (Å²) in [5.41, 5.74) is 1.34. The van der Waals surface area contributed by atoms with E-state index in [2.05, 4.69) is 0 Å². The third-order valence-electron chi connectivity index (χ3n) is 7.82. The Labute approximate surface area is 197 Å². The van der Waals surface area contributed by atoms with Gasteiger partial charge in [0.05, 0.1) is 18.5 Å². The molecular weight excluding hydrogens is 432 g/mol. The van der Waals surface area contributed by atoms with Gasteiger partial charge in [-0.2, -0.15) is 4.73 Å². The van der Waals surface area contributed by atoms with Crippen molar-refractivity contribution in [3.8, 4) is 0 Å². The summed E-state index contributed by atoms with van der Waals surface area (Å²) in [5.74, 6) is -1.86. The number of fused-ring (bicyclic) bond motifs is 5. The predicted molar refractivity (Wildman–Crippen MR) is 124 cm³/mol. The van der Waals surface area contributed by atoms with E-state index >= 15 is 0 Å². The Morgan fingerprint density at radius 2 is 1.85 bits per heavy atom. The van der Waals surface area contributed by atoms with Crippen molar-refractivity contribution in [2.75, 3.05) is 13.7 Å². The summed E-state index contributed by atoms with van der Waals surface area (Å²) < 4.78 is 6.80. The van der Waals surface area contributed by atoms with E-state index in [1.165, 1.54) is 7.11 Å². The molecule has 7 heteroatoms. The van der Waals surface area contributed by atoms with Gasteiger partial charge in [-0.15, -0.1) is 0 Å². The van der Waals surface area contributed by atoms with Crippen LogP contribution in [0, 0.1) is 11.3 Å². The number of para-hydroxylation sites is 1. The van der Waals surface area contributed by atoms with Crippen molar-refractivity contribution < 1.29 is 24.0 Å². The molecule has 1 aliphatic carbocycles. The number of benzene rings is 2. The maximum absolute atomic E-state index is 14.1. The highest BCUT2D eigenvalue weighted by molar-refractivity contribution is 6.15. The third kappa shape index (κ3) is 2.79. The first kappa shape index (κ1) is 21.0. The maximum Gasteiger partial charge on any atom is 0.322 e. The fourth-order valence-electron chi connectivity index (χ4n) is 6.24. The molecule has 1 amide bonds. The SMILES string of the molecule is COC(=O)[C@]12Cc3c(n(OCc4ccccc4)c4ccccc34)C(=O)[C@H]1C[C@@H]1CCCN1C2=O. The summed E-state index contributed by atoms with van der Waals surface area (Å²) in [5, 5.41) is 0.817. The Kier molecular flexibility index (Phi) is 4.76. The molecule has 7 nitrogen and oxygen atoms in total. The lowest BCUT2D eigenvalue weighted by atomic mass is 9.60. The summed E-state index contributed by atoms with van der Waals surface area (Å²) in [6.45, 7) is 0.916. The first-order valence-corrected chi connectivity index (χ1v) is 11.8. The van der Waals surface area contributed by atoms with Crippen molar-refractivity contribution in [3.05, 3.63) is 71.4 Å². The molecule has 0 N–H and O–H groups in total. The van der Waals surface area contributed by atoms with Crippen LogP contribution in [0.4, 0.5) is 0 Å².